The molecule has 148 valence electrons. The number of esters is 1. The van der Waals surface area contributed by atoms with Crippen LogP contribution in [0, 0.1) is 36.2 Å². The molecule has 0 bridgehead atoms. The minimum Gasteiger partial charge on any atom is -0.462 e. The summed E-state index contributed by atoms with van der Waals surface area (Å²) in [4.78, 5) is 27.4. The molecule has 2 aromatic rings. The first-order valence-electron chi connectivity index (χ1n) is 8.42. The minimum absolute atomic E-state index is 0.178. The summed E-state index contributed by atoms with van der Waals surface area (Å²) >= 11 is 0. The lowest BCUT2D eigenvalue weighted by atomic mass is 10.1. The number of nitrogens with one attached hydrogen (secondary N) is 2. The van der Waals surface area contributed by atoms with Gasteiger partial charge in [-0.25, -0.2) is 4.79 Å². The molecular formula is C20H23N3O5. The van der Waals surface area contributed by atoms with Crippen LogP contribution in [0.15, 0.2) is 11.0 Å². The van der Waals surface area contributed by atoms with Crippen LogP contribution in [0.25, 0.3) is 10.9 Å². The molecule has 0 unspecified atom stereocenters. The average molecular weight is 385 g/mol. The highest BCUT2D eigenvalue weighted by molar-refractivity contribution is 6.07. The molecular weight excluding hydrogens is 362 g/mol. The highest BCUT2D eigenvalue weighted by Crippen LogP contribution is 2.24. The number of aromatic nitrogens is 2. The van der Waals surface area contributed by atoms with Gasteiger partial charge in [-0.15, -0.1) is 0 Å². The Morgan fingerprint density at radius 3 is 2.57 bits per heavy atom. The molecule has 0 aromatic carbocycles. The van der Waals surface area contributed by atoms with E-state index in [9.17, 15) is 14.7 Å². The van der Waals surface area contributed by atoms with Crippen LogP contribution in [0.3, 0.4) is 0 Å². The lowest BCUT2D eigenvalue weighted by Gasteiger charge is -2.04. The van der Waals surface area contributed by atoms with Gasteiger partial charge in [0.15, 0.2) is 0 Å². The van der Waals surface area contributed by atoms with Crippen LogP contribution in [-0.4, -0.2) is 44.2 Å². The van der Waals surface area contributed by atoms with Crippen molar-refractivity contribution in [3.05, 3.63) is 33.4 Å². The van der Waals surface area contributed by atoms with Crippen molar-refractivity contribution >= 4 is 22.6 Å². The summed E-state index contributed by atoms with van der Waals surface area (Å²) in [5, 5.41) is 24.1. The van der Waals surface area contributed by atoms with E-state index < -0.39 is 12.1 Å². The number of hydrogen-bond donors (Lipinski definition) is 4. The van der Waals surface area contributed by atoms with E-state index in [1.807, 2.05) is 0 Å². The molecule has 0 aliphatic rings. The Morgan fingerprint density at radius 1 is 1.46 bits per heavy atom. The third-order valence-corrected chi connectivity index (χ3v) is 3.45. The van der Waals surface area contributed by atoms with Gasteiger partial charge in [0, 0.05) is 24.3 Å². The Bertz CT molecular complexity index is 1070. The first kappa shape index (κ1) is 22.6. The van der Waals surface area contributed by atoms with Crippen LogP contribution < -0.4 is 5.56 Å². The van der Waals surface area contributed by atoms with Gasteiger partial charge in [0.2, 0.25) is 0 Å². The maximum atomic E-state index is 12.2. The number of aliphatic hydroxyl groups excluding tert-OH is 2. The normalized spacial score (nSPS) is 10.5. The van der Waals surface area contributed by atoms with Gasteiger partial charge in [-0.3, -0.25) is 10.2 Å². The van der Waals surface area contributed by atoms with E-state index in [0.29, 0.717) is 27.7 Å². The Hall–Kier alpha value is -3.49. The second-order valence-corrected chi connectivity index (χ2v) is 5.86. The molecule has 0 amide bonds. The maximum absolute atomic E-state index is 12.2. The lowest BCUT2D eigenvalue weighted by molar-refractivity contribution is 0.0528. The van der Waals surface area contributed by atoms with Gasteiger partial charge >= 0.3 is 5.97 Å². The summed E-state index contributed by atoms with van der Waals surface area (Å²) < 4.78 is 6.45. The highest BCUT2D eigenvalue weighted by atomic mass is 16.5. The first-order valence-corrected chi connectivity index (χ1v) is 8.42. The van der Waals surface area contributed by atoms with E-state index in [4.69, 9.17) is 15.3 Å². The van der Waals surface area contributed by atoms with Gasteiger partial charge in [0.1, 0.15) is 17.7 Å². The fourth-order valence-electron chi connectivity index (χ4n) is 2.37. The predicted octanol–water partition coefficient (Wildman–Crippen LogP) is 1.44. The van der Waals surface area contributed by atoms with E-state index in [1.165, 1.54) is 11.5 Å². The van der Waals surface area contributed by atoms with Crippen LogP contribution >= 0.6 is 0 Å². The molecule has 0 aliphatic carbocycles. The van der Waals surface area contributed by atoms with Crippen molar-refractivity contribution in [2.45, 2.75) is 33.8 Å². The second kappa shape index (κ2) is 10.0. The number of H-pyrrole nitrogens is 1. The molecule has 0 aliphatic heterocycles. The quantitative estimate of drug-likeness (QED) is 0.353. The van der Waals surface area contributed by atoms with Crippen molar-refractivity contribution in [2.24, 2.45) is 7.05 Å². The van der Waals surface area contributed by atoms with Crippen molar-refractivity contribution < 1.29 is 19.7 Å². The Morgan fingerprint density at radius 2 is 2.11 bits per heavy atom. The maximum Gasteiger partial charge on any atom is 0.340 e. The van der Waals surface area contributed by atoms with Gasteiger partial charge in [0.25, 0.3) is 5.56 Å². The number of carbonyl (C=O) groups is 1. The zero-order chi connectivity index (χ0) is 21.4. The Labute approximate surface area is 162 Å². The van der Waals surface area contributed by atoms with Gasteiger partial charge in [-0.05, 0) is 33.6 Å². The second-order valence-electron chi connectivity index (χ2n) is 5.86. The molecule has 4 N–H and O–H groups in total. The van der Waals surface area contributed by atoms with Crippen LogP contribution in [0.2, 0.25) is 0 Å². The number of aromatic amines is 1. The third-order valence-electron chi connectivity index (χ3n) is 3.45. The highest BCUT2D eigenvalue weighted by Gasteiger charge is 2.21. The number of carbonyl (C=O) groups excluding carboxylic acids is 1. The van der Waals surface area contributed by atoms with Crippen LogP contribution in [0.5, 0.6) is 0 Å². The summed E-state index contributed by atoms with van der Waals surface area (Å²) in [6, 6.07) is 0. The number of pyridine rings is 1. The molecule has 1 atom stereocenters. The van der Waals surface area contributed by atoms with E-state index in [-0.39, 0.29) is 17.9 Å². The summed E-state index contributed by atoms with van der Waals surface area (Å²) in [5.41, 5.74) is 1.58. The summed E-state index contributed by atoms with van der Waals surface area (Å²) in [6.07, 6.45) is 2.34. The molecule has 8 heteroatoms. The van der Waals surface area contributed by atoms with Crippen molar-refractivity contribution in [2.75, 3.05) is 6.61 Å². The monoisotopic (exact) mass is 385 g/mol. The van der Waals surface area contributed by atoms with E-state index >= 15 is 0 Å². The minimum atomic E-state index is -0.807. The fourth-order valence-corrected chi connectivity index (χ4v) is 2.37. The molecule has 28 heavy (non-hydrogen) atoms. The molecule has 2 rings (SSSR count). The molecule has 8 nitrogen and oxygen atoms in total. The molecule has 0 radical (unpaired) electrons. The number of aliphatic hydroxyl groups is 2. The largest absolute Gasteiger partial charge is 0.462 e. The average Bonchev–Trinajstić information content (AvgIpc) is 2.95. The number of nitrogens with zero attached hydrogens (tertiary/aromatic N) is 1. The first-order chi connectivity index (χ1) is 13.1. The van der Waals surface area contributed by atoms with Gasteiger partial charge in [-0.2, -0.15) is 0 Å². The summed E-state index contributed by atoms with van der Waals surface area (Å²) in [6.45, 7) is 6.71. The SMILES string of the molecule is CC(=N)C#CO.CCOC(=O)c1c(C)[nH]c2c(=O)n(C)cc(C#C[C@@H](C)O)c12. The fraction of sp³-hybridized carbons (Fsp3) is 0.350. The summed E-state index contributed by atoms with van der Waals surface area (Å²) in [7, 11) is 1.61. The smallest absolute Gasteiger partial charge is 0.340 e. The Kier molecular flexibility index (Phi) is 8.06. The standard InChI is InChI=1S/C16H18N2O4.C4H5NO/c1-5-22-16(21)12-10(3)17-14-13(12)11(7-6-9(2)19)8-18(4)15(14)20;1-4(5)2-3-6/h8-9,17,19H,5H2,1-4H3;5-6H,1H3/t9-;/m1./s1. The molecule has 0 saturated carbocycles. The third kappa shape index (κ3) is 5.50. The number of fused-ring (bicyclic) bond motifs is 1. The summed E-state index contributed by atoms with van der Waals surface area (Å²) in [5.74, 6) is 7.05. The van der Waals surface area contributed by atoms with E-state index in [0.717, 1.165) is 0 Å². The number of aryl methyl sites for hydroxylation is 2. The van der Waals surface area contributed by atoms with Gasteiger partial charge in [0.05, 0.1) is 23.4 Å². The number of hydrogen-bond acceptors (Lipinski definition) is 6. The van der Waals surface area contributed by atoms with Crippen molar-refractivity contribution in [1.29, 1.82) is 5.41 Å². The zero-order valence-corrected chi connectivity index (χ0v) is 16.4. The molecule has 0 spiro atoms. The van der Waals surface area contributed by atoms with Crippen molar-refractivity contribution in [3.8, 4) is 23.9 Å². The number of rotatable bonds is 2. The van der Waals surface area contributed by atoms with Crippen molar-refractivity contribution in [1.82, 2.24) is 9.55 Å². The predicted molar refractivity (Wildman–Crippen MR) is 106 cm³/mol. The van der Waals surface area contributed by atoms with E-state index in [1.54, 1.807) is 40.1 Å². The molecule has 2 aromatic heterocycles. The van der Waals surface area contributed by atoms with Gasteiger partial charge in [-0.1, -0.05) is 11.8 Å². The van der Waals surface area contributed by atoms with E-state index in [2.05, 4.69) is 22.7 Å². The molecule has 0 fully saturated rings. The zero-order valence-electron chi connectivity index (χ0n) is 16.4. The van der Waals surface area contributed by atoms with Crippen LogP contribution in [0.1, 0.15) is 42.4 Å². The van der Waals surface area contributed by atoms with Gasteiger partial charge < -0.3 is 24.5 Å². The topological polar surface area (TPSA) is 128 Å². The molecule has 0 saturated heterocycles. The van der Waals surface area contributed by atoms with Crippen molar-refractivity contribution in [3.63, 3.8) is 0 Å². The van der Waals surface area contributed by atoms with Crippen LogP contribution in [-0.2, 0) is 11.8 Å². The van der Waals surface area contributed by atoms with Crippen LogP contribution in [0.4, 0.5) is 0 Å². The number of ether oxygens (including phenoxy) is 1. The lowest BCUT2D eigenvalue weighted by Crippen LogP contribution is -2.17. The Balaban J connectivity index is 0.000000568. The molecule has 2 heterocycles.